The van der Waals surface area contributed by atoms with E-state index in [-0.39, 0.29) is 12.2 Å². The molecule has 0 aliphatic heterocycles. The average Bonchev–Trinajstić information content (AvgIpc) is 2.57. The van der Waals surface area contributed by atoms with Gasteiger partial charge in [0.25, 0.3) is 5.91 Å². The first-order valence-corrected chi connectivity index (χ1v) is 7.43. The van der Waals surface area contributed by atoms with Gasteiger partial charge in [-0.25, -0.2) is 4.39 Å². The first kappa shape index (κ1) is 17.6. The van der Waals surface area contributed by atoms with Crippen LogP contribution in [-0.4, -0.2) is 25.0 Å². The van der Waals surface area contributed by atoms with Gasteiger partial charge in [0.05, 0.1) is 0 Å². The SMILES string of the molecule is CO[C@@H](C(=O)N[C@H](Cc1ccc(F)cc1)C(N)=O)c1ccccc1. The standard InChI is InChI=1S/C18H19FN2O3/c1-24-16(13-5-3-2-4-6-13)18(23)21-15(17(20)22)11-12-7-9-14(19)10-8-12/h2-10,15-16H,11H2,1H3,(H2,20,22)(H,21,23)/t15-,16-/m1/s1. The van der Waals surface area contributed by atoms with Gasteiger partial charge in [0, 0.05) is 13.5 Å². The van der Waals surface area contributed by atoms with Crippen molar-refractivity contribution in [2.45, 2.75) is 18.6 Å². The molecule has 2 aromatic rings. The summed E-state index contributed by atoms with van der Waals surface area (Å²) in [5, 5.41) is 2.60. The first-order chi connectivity index (χ1) is 11.5. The molecule has 0 saturated heterocycles. The molecule has 6 heteroatoms. The molecule has 0 aliphatic rings. The van der Waals surface area contributed by atoms with E-state index in [1.807, 2.05) is 6.07 Å². The van der Waals surface area contributed by atoms with Crippen LogP contribution < -0.4 is 11.1 Å². The van der Waals surface area contributed by atoms with Gasteiger partial charge in [-0.2, -0.15) is 0 Å². The lowest BCUT2D eigenvalue weighted by atomic mass is 10.0. The molecule has 0 spiro atoms. The van der Waals surface area contributed by atoms with Crippen LogP contribution in [0.5, 0.6) is 0 Å². The second-order valence-electron chi connectivity index (χ2n) is 5.32. The summed E-state index contributed by atoms with van der Waals surface area (Å²) in [5.41, 5.74) is 6.73. The topological polar surface area (TPSA) is 81.4 Å². The molecule has 0 heterocycles. The highest BCUT2D eigenvalue weighted by Crippen LogP contribution is 2.17. The number of nitrogens with one attached hydrogen (secondary N) is 1. The van der Waals surface area contributed by atoms with Gasteiger partial charge in [0.15, 0.2) is 6.10 Å². The molecule has 5 nitrogen and oxygen atoms in total. The number of ether oxygens (including phenoxy) is 1. The zero-order valence-corrected chi connectivity index (χ0v) is 13.2. The lowest BCUT2D eigenvalue weighted by Gasteiger charge is -2.20. The third kappa shape index (κ3) is 4.63. The van der Waals surface area contributed by atoms with Crippen LogP contribution in [0.15, 0.2) is 54.6 Å². The maximum atomic E-state index is 13.0. The summed E-state index contributed by atoms with van der Waals surface area (Å²) in [6, 6.07) is 13.7. The molecule has 0 radical (unpaired) electrons. The molecule has 2 aromatic carbocycles. The molecule has 0 aromatic heterocycles. The van der Waals surface area contributed by atoms with Gasteiger partial charge in [0.1, 0.15) is 11.9 Å². The van der Waals surface area contributed by atoms with E-state index in [1.165, 1.54) is 19.2 Å². The second kappa shape index (κ2) is 8.21. The van der Waals surface area contributed by atoms with Crippen molar-refractivity contribution >= 4 is 11.8 Å². The molecule has 2 amide bonds. The largest absolute Gasteiger partial charge is 0.368 e. The Bertz CT molecular complexity index is 689. The fourth-order valence-electron chi connectivity index (χ4n) is 2.35. The van der Waals surface area contributed by atoms with Crippen LogP contribution in [-0.2, 0) is 20.7 Å². The Labute approximate surface area is 139 Å². The second-order valence-corrected chi connectivity index (χ2v) is 5.32. The number of rotatable bonds is 7. The number of benzene rings is 2. The maximum absolute atomic E-state index is 13.0. The Kier molecular flexibility index (Phi) is 6.03. The molecule has 0 bridgehead atoms. The molecule has 126 valence electrons. The van der Waals surface area contributed by atoms with Gasteiger partial charge in [-0.15, -0.1) is 0 Å². The third-order valence-electron chi connectivity index (χ3n) is 3.59. The van der Waals surface area contributed by atoms with Crippen LogP contribution in [0.3, 0.4) is 0 Å². The molecule has 0 fully saturated rings. The Balaban J connectivity index is 2.10. The monoisotopic (exact) mass is 330 g/mol. The predicted molar refractivity (Wildman–Crippen MR) is 87.4 cm³/mol. The highest BCUT2D eigenvalue weighted by atomic mass is 19.1. The number of amides is 2. The highest BCUT2D eigenvalue weighted by Gasteiger charge is 2.25. The van der Waals surface area contributed by atoms with E-state index >= 15 is 0 Å². The predicted octanol–water partition coefficient (Wildman–Crippen LogP) is 1.73. The van der Waals surface area contributed by atoms with Gasteiger partial charge in [-0.3, -0.25) is 9.59 Å². The van der Waals surface area contributed by atoms with Crippen molar-refractivity contribution in [2.75, 3.05) is 7.11 Å². The van der Waals surface area contributed by atoms with Crippen LogP contribution in [0.25, 0.3) is 0 Å². The summed E-state index contributed by atoms with van der Waals surface area (Å²) in [6.07, 6.45) is -0.673. The molecule has 0 saturated carbocycles. The highest BCUT2D eigenvalue weighted by molar-refractivity contribution is 5.89. The lowest BCUT2D eigenvalue weighted by Crippen LogP contribution is -2.47. The maximum Gasteiger partial charge on any atom is 0.254 e. The van der Waals surface area contributed by atoms with Crippen molar-refractivity contribution in [2.24, 2.45) is 5.73 Å². The van der Waals surface area contributed by atoms with Gasteiger partial charge in [0.2, 0.25) is 5.91 Å². The smallest absolute Gasteiger partial charge is 0.254 e. The van der Waals surface area contributed by atoms with E-state index in [0.29, 0.717) is 11.1 Å². The minimum Gasteiger partial charge on any atom is -0.368 e. The van der Waals surface area contributed by atoms with Crippen molar-refractivity contribution in [3.05, 3.63) is 71.5 Å². The quantitative estimate of drug-likeness (QED) is 0.811. The van der Waals surface area contributed by atoms with E-state index in [0.717, 1.165) is 0 Å². The summed E-state index contributed by atoms with van der Waals surface area (Å²) >= 11 is 0. The summed E-state index contributed by atoms with van der Waals surface area (Å²) in [4.78, 5) is 24.1. The molecular formula is C18H19FN2O3. The number of hydrogen-bond donors (Lipinski definition) is 2. The first-order valence-electron chi connectivity index (χ1n) is 7.43. The average molecular weight is 330 g/mol. The summed E-state index contributed by atoms with van der Waals surface area (Å²) in [7, 11) is 1.41. The number of primary amides is 1. The zero-order chi connectivity index (χ0) is 17.5. The minimum absolute atomic E-state index is 0.173. The molecule has 2 rings (SSSR count). The van der Waals surface area contributed by atoms with E-state index in [9.17, 15) is 14.0 Å². The fourth-order valence-corrected chi connectivity index (χ4v) is 2.35. The number of nitrogens with two attached hydrogens (primary N) is 1. The number of hydrogen-bond acceptors (Lipinski definition) is 3. The van der Waals surface area contributed by atoms with Crippen LogP contribution in [0, 0.1) is 5.82 Å². The molecule has 0 aliphatic carbocycles. The summed E-state index contributed by atoms with van der Waals surface area (Å²) < 4.78 is 18.2. The zero-order valence-electron chi connectivity index (χ0n) is 13.2. The Morgan fingerprint density at radius 1 is 1.12 bits per heavy atom. The third-order valence-corrected chi connectivity index (χ3v) is 3.59. The van der Waals surface area contributed by atoms with Crippen LogP contribution in [0.1, 0.15) is 17.2 Å². The fraction of sp³-hybridized carbons (Fsp3) is 0.222. The number of carbonyl (C=O) groups is 2. The van der Waals surface area contributed by atoms with Crippen LogP contribution in [0.2, 0.25) is 0 Å². The van der Waals surface area contributed by atoms with Crippen molar-refractivity contribution in [3.8, 4) is 0 Å². The van der Waals surface area contributed by atoms with E-state index in [1.54, 1.807) is 36.4 Å². The summed E-state index contributed by atoms with van der Waals surface area (Å²) in [5.74, 6) is -1.51. The van der Waals surface area contributed by atoms with Gasteiger partial charge >= 0.3 is 0 Å². The number of carbonyl (C=O) groups excluding carboxylic acids is 2. The van der Waals surface area contributed by atoms with Crippen LogP contribution >= 0.6 is 0 Å². The Hall–Kier alpha value is -2.73. The minimum atomic E-state index is -0.913. The molecule has 24 heavy (non-hydrogen) atoms. The van der Waals surface area contributed by atoms with E-state index < -0.39 is 24.0 Å². The number of halogens is 1. The number of methoxy groups -OCH3 is 1. The van der Waals surface area contributed by atoms with Crippen LogP contribution in [0.4, 0.5) is 4.39 Å². The van der Waals surface area contributed by atoms with Gasteiger partial charge in [-0.05, 0) is 23.3 Å². The molecule has 0 unspecified atom stereocenters. The Morgan fingerprint density at radius 3 is 2.29 bits per heavy atom. The van der Waals surface area contributed by atoms with E-state index in [4.69, 9.17) is 10.5 Å². The molecule has 2 atom stereocenters. The van der Waals surface area contributed by atoms with Crippen molar-refractivity contribution < 1.29 is 18.7 Å². The van der Waals surface area contributed by atoms with Crippen molar-refractivity contribution in [3.63, 3.8) is 0 Å². The summed E-state index contributed by atoms with van der Waals surface area (Å²) in [6.45, 7) is 0. The van der Waals surface area contributed by atoms with Crippen molar-refractivity contribution in [1.29, 1.82) is 0 Å². The normalized spacial score (nSPS) is 13.1. The van der Waals surface area contributed by atoms with Gasteiger partial charge < -0.3 is 15.8 Å². The van der Waals surface area contributed by atoms with Crippen molar-refractivity contribution in [1.82, 2.24) is 5.32 Å². The molecule has 3 N–H and O–H groups in total. The lowest BCUT2D eigenvalue weighted by molar-refractivity contribution is -0.134. The Morgan fingerprint density at radius 2 is 1.75 bits per heavy atom. The molecular weight excluding hydrogens is 311 g/mol. The van der Waals surface area contributed by atoms with Gasteiger partial charge in [-0.1, -0.05) is 42.5 Å². The van der Waals surface area contributed by atoms with E-state index in [2.05, 4.69) is 5.32 Å².